The van der Waals surface area contributed by atoms with Crippen LogP contribution >= 0.6 is 0 Å². The third-order valence-electron chi connectivity index (χ3n) is 2.53. The molecule has 126 valence electrons. The van der Waals surface area contributed by atoms with Crippen LogP contribution in [-0.2, 0) is 0 Å². The highest BCUT2D eigenvalue weighted by Gasteiger charge is 2.89. The first-order chi connectivity index (χ1) is 9.06. The standard InChI is InChI=1S/C10H9F11/c1-2-3-4-5-6(11,12)8(14,15)7(13,9(16,17)18)10(19,20)21/h2-3H,4-5H2,1H3. The summed E-state index contributed by atoms with van der Waals surface area (Å²) in [4.78, 5) is 0. The van der Waals surface area contributed by atoms with Gasteiger partial charge in [-0.2, -0.15) is 43.9 Å². The van der Waals surface area contributed by atoms with E-state index in [-0.39, 0.29) is 0 Å². The van der Waals surface area contributed by atoms with E-state index in [4.69, 9.17) is 0 Å². The molecule has 21 heavy (non-hydrogen) atoms. The molecule has 0 aromatic rings. The van der Waals surface area contributed by atoms with Crippen LogP contribution in [0.4, 0.5) is 48.3 Å². The lowest BCUT2D eigenvalue weighted by molar-refractivity contribution is -0.426. The van der Waals surface area contributed by atoms with Crippen LogP contribution in [0.3, 0.4) is 0 Å². The van der Waals surface area contributed by atoms with Gasteiger partial charge >= 0.3 is 29.9 Å². The SMILES string of the molecule is CC=CCCC(F)(F)C(F)(F)C(F)(C(F)(F)F)C(F)(F)F. The molecule has 0 nitrogen and oxygen atoms in total. The molecule has 0 N–H and O–H groups in total. The van der Waals surface area contributed by atoms with Crippen molar-refractivity contribution < 1.29 is 48.3 Å². The fourth-order valence-electron chi connectivity index (χ4n) is 1.36. The minimum atomic E-state index is -7.35. The van der Waals surface area contributed by atoms with Crippen molar-refractivity contribution in [2.45, 2.75) is 49.6 Å². The molecule has 0 fully saturated rings. The molecule has 0 heterocycles. The summed E-state index contributed by atoms with van der Waals surface area (Å²) in [5, 5.41) is 0. The molecule has 0 radical (unpaired) electrons. The van der Waals surface area contributed by atoms with Crippen LogP contribution in [0.2, 0.25) is 0 Å². The van der Waals surface area contributed by atoms with Gasteiger partial charge in [-0.05, 0) is 13.3 Å². The van der Waals surface area contributed by atoms with Crippen molar-refractivity contribution in [2.75, 3.05) is 0 Å². The highest BCUT2D eigenvalue weighted by Crippen LogP contribution is 2.59. The lowest BCUT2D eigenvalue weighted by Gasteiger charge is -2.39. The first kappa shape index (κ1) is 20.0. The molecule has 0 aliphatic heterocycles. The van der Waals surface area contributed by atoms with Gasteiger partial charge in [0, 0.05) is 6.42 Å². The van der Waals surface area contributed by atoms with E-state index in [1.54, 1.807) is 0 Å². The van der Waals surface area contributed by atoms with Gasteiger partial charge in [0.2, 0.25) is 0 Å². The maximum atomic E-state index is 13.1. The Morgan fingerprint density at radius 2 is 1.10 bits per heavy atom. The zero-order valence-electron chi connectivity index (χ0n) is 10.2. The first-order valence-corrected chi connectivity index (χ1v) is 5.25. The predicted molar refractivity (Wildman–Crippen MR) is 49.9 cm³/mol. The smallest absolute Gasteiger partial charge is 0.216 e. The fraction of sp³-hybridized carbons (Fsp3) is 0.800. The number of rotatable bonds is 5. The summed E-state index contributed by atoms with van der Waals surface area (Å²) in [6, 6.07) is 0. The van der Waals surface area contributed by atoms with Crippen LogP contribution in [0.5, 0.6) is 0 Å². The van der Waals surface area contributed by atoms with Gasteiger partial charge in [0.25, 0.3) is 0 Å². The van der Waals surface area contributed by atoms with Crippen molar-refractivity contribution in [3.05, 3.63) is 12.2 Å². The molecule has 0 bridgehead atoms. The Balaban J connectivity index is 5.90. The van der Waals surface area contributed by atoms with E-state index in [0.29, 0.717) is 0 Å². The van der Waals surface area contributed by atoms with Crippen LogP contribution in [0.15, 0.2) is 12.2 Å². The third kappa shape index (κ3) is 3.25. The van der Waals surface area contributed by atoms with Gasteiger partial charge < -0.3 is 0 Å². The van der Waals surface area contributed by atoms with Gasteiger partial charge in [0.1, 0.15) is 0 Å². The highest BCUT2D eigenvalue weighted by atomic mass is 19.4. The van der Waals surface area contributed by atoms with Crippen molar-refractivity contribution >= 4 is 0 Å². The molecule has 0 aliphatic rings. The molecule has 0 spiro atoms. The van der Waals surface area contributed by atoms with E-state index in [1.807, 2.05) is 0 Å². The number of halogens is 11. The van der Waals surface area contributed by atoms with Crippen molar-refractivity contribution in [1.29, 1.82) is 0 Å². The van der Waals surface area contributed by atoms with E-state index in [2.05, 4.69) is 0 Å². The van der Waals surface area contributed by atoms with Crippen molar-refractivity contribution in [3.8, 4) is 0 Å². The van der Waals surface area contributed by atoms with E-state index in [0.717, 1.165) is 12.2 Å². The van der Waals surface area contributed by atoms with Crippen molar-refractivity contribution in [2.24, 2.45) is 0 Å². The predicted octanol–water partition coefficient (Wildman–Crippen LogP) is 5.45. The molecule has 11 heteroatoms. The van der Waals surface area contributed by atoms with Crippen LogP contribution in [0.25, 0.3) is 0 Å². The number of allylic oxidation sites excluding steroid dienone is 2. The van der Waals surface area contributed by atoms with Gasteiger partial charge in [-0.3, -0.25) is 0 Å². The highest BCUT2D eigenvalue weighted by molar-refractivity contribution is 5.11. The Morgan fingerprint density at radius 1 is 0.714 bits per heavy atom. The van der Waals surface area contributed by atoms with Crippen LogP contribution in [-0.4, -0.2) is 29.9 Å². The fourth-order valence-corrected chi connectivity index (χ4v) is 1.36. The first-order valence-electron chi connectivity index (χ1n) is 5.25. The van der Waals surface area contributed by atoms with Gasteiger partial charge in [-0.1, -0.05) is 12.2 Å². The van der Waals surface area contributed by atoms with E-state index in [1.165, 1.54) is 6.92 Å². The zero-order valence-corrected chi connectivity index (χ0v) is 10.2. The summed E-state index contributed by atoms with van der Waals surface area (Å²) in [7, 11) is 0. The van der Waals surface area contributed by atoms with Crippen molar-refractivity contribution in [3.63, 3.8) is 0 Å². The summed E-state index contributed by atoms with van der Waals surface area (Å²) in [6.07, 6.45) is -15.7. The van der Waals surface area contributed by atoms with E-state index in [9.17, 15) is 48.3 Å². The molecule has 0 atom stereocenters. The summed E-state index contributed by atoms with van der Waals surface area (Å²) < 4.78 is 138. The monoisotopic (exact) mass is 338 g/mol. The quantitative estimate of drug-likeness (QED) is 0.462. The molecule has 0 saturated heterocycles. The maximum absolute atomic E-state index is 13.1. The van der Waals surface area contributed by atoms with Crippen molar-refractivity contribution in [1.82, 2.24) is 0 Å². The van der Waals surface area contributed by atoms with Crippen LogP contribution in [0.1, 0.15) is 19.8 Å². The Labute approximate surface area is 111 Å². The Hall–Kier alpha value is -1.03. The average Bonchev–Trinajstić information content (AvgIpc) is 2.24. The molecular weight excluding hydrogens is 329 g/mol. The Kier molecular flexibility index (Phi) is 5.36. The van der Waals surface area contributed by atoms with Gasteiger partial charge in [-0.25, -0.2) is 4.39 Å². The second kappa shape index (κ2) is 5.64. The molecular formula is C10H9F11. The maximum Gasteiger partial charge on any atom is 0.438 e. The average molecular weight is 338 g/mol. The number of hydrogen-bond donors (Lipinski definition) is 0. The van der Waals surface area contributed by atoms with Gasteiger partial charge in [0.05, 0.1) is 0 Å². The summed E-state index contributed by atoms with van der Waals surface area (Å²) in [5.74, 6) is -12.9. The lowest BCUT2D eigenvalue weighted by Crippen LogP contribution is -2.70. The van der Waals surface area contributed by atoms with Crippen LogP contribution < -0.4 is 0 Å². The van der Waals surface area contributed by atoms with Gasteiger partial charge in [0.15, 0.2) is 0 Å². The number of alkyl halides is 11. The van der Waals surface area contributed by atoms with Gasteiger partial charge in [-0.15, -0.1) is 0 Å². The molecule has 0 saturated carbocycles. The second-order valence-electron chi connectivity index (χ2n) is 4.04. The summed E-state index contributed by atoms with van der Waals surface area (Å²) in [6.45, 7) is 1.25. The normalized spacial score (nSPS) is 15.8. The molecule has 0 aromatic heterocycles. The lowest BCUT2D eigenvalue weighted by atomic mass is 9.88. The van der Waals surface area contributed by atoms with E-state index < -0.39 is 42.7 Å². The minimum absolute atomic E-state index is 0.811. The van der Waals surface area contributed by atoms with Crippen LogP contribution in [0, 0.1) is 0 Å². The number of hydrogen-bond acceptors (Lipinski definition) is 0. The third-order valence-corrected chi connectivity index (χ3v) is 2.53. The topological polar surface area (TPSA) is 0 Å². The molecule has 0 amide bonds. The summed E-state index contributed by atoms with van der Waals surface area (Å²) >= 11 is 0. The second-order valence-corrected chi connectivity index (χ2v) is 4.04. The Morgan fingerprint density at radius 3 is 1.38 bits per heavy atom. The molecule has 0 aliphatic carbocycles. The Bertz CT molecular complexity index is 359. The van der Waals surface area contributed by atoms with E-state index >= 15 is 0 Å². The molecule has 0 rings (SSSR count). The zero-order chi connectivity index (χ0) is 17.3. The molecule has 0 aromatic carbocycles. The summed E-state index contributed by atoms with van der Waals surface area (Å²) in [5.41, 5.74) is -7.35. The largest absolute Gasteiger partial charge is 0.438 e. The minimum Gasteiger partial charge on any atom is -0.216 e. The molecule has 0 unspecified atom stereocenters.